The Morgan fingerprint density at radius 1 is 0.903 bits per heavy atom. The fourth-order valence-corrected chi connectivity index (χ4v) is 3.70. The predicted octanol–water partition coefficient (Wildman–Crippen LogP) is 5.79. The van der Waals surface area contributed by atoms with Gasteiger partial charge < -0.3 is 14.8 Å². The molecule has 0 saturated heterocycles. The van der Waals surface area contributed by atoms with Crippen molar-refractivity contribution in [1.82, 2.24) is 4.98 Å². The number of benzene rings is 3. The van der Waals surface area contributed by atoms with Gasteiger partial charge in [-0.3, -0.25) is 4.79 Å². The molecule has 5 heteroatoms. The minimum absolute atomic E-state index is 0.240. The number of fused-ring (bicyclic) bond motifs is 1. The molecular formula is C26H24N2O3. The summed E-state index contributed by atoms with van der Waals surface area (Å²) in [6.07, 6.45) is 0. The summed E-state index contributed by atoms with van der Waals surface area (Å²) >= 11 is 0. The van der Waals surface area contributed by atoms with Gasteiger partial charge in [0.05, 0.1) is 36.7 Å². The van der Waals surface area contributed by atoms with Crippen molar-refractivity contribution < 1.29 is 14.3 Å². The molecule has 1 aromatic heterocycles. The summed E-state index contributed by atoms with van der Waals surface area (Å²) in [4.78, 5) is 18.2. The lowest BCUT2D eigenvalue weighted by Crippen LogP contribution is -2.14. The molecule has 0 unspecified atom stereocenters. The number of aromatic nitrogens is 1. The van der Waals surface area contributed by atoms with Crippen LogP contribution in [0.25, 0.3) is 22.2 Å². The monoisotopic (exact) mass is 412 g/mol. The van der Waals surface area contributed by atoms with E-state index >= 15 is 0 Å². The number of aryl methyl sites for hydroxylation is 2. The summed E-state index contributed by atoms with van der Waals surface area (Å²) in [5, 5.41) is 3.76. The molecule has 0 aliphatic carbocycles. The summed E-state index contributed by atoms with van der Waals surface area (Å²) < 4.78 is 10.7. The number of carbonyl (C=O) groups excluding carboxylic acids is 1. The smallest absolute Gasteiger partial charge is 0.256 e. The number of hydrogen-bond acceptors (Lipinski definition) is 4. The molecule has 0 aliphatic rings. The molecule has 4 aromatic rings. The molecule has 1 N–H and O–H groups in total. The minimum Gasteiger partial charge on any atom is -0.497 e. The first-order chi connectivity index (χ1) is 15.0. The molecular weight excluding hydrogens is 388 g/mol. The van der Waals surface area contributed by atoms with E-state index in [1.165, 1.54) is 5.56 Å². The van der Waals surface area contributed by atoms with Gasteiger partial charge in [0, 0.05) is 17.0 Å². The molecule has 5 nitrogen and oxygen atoms in total. The van der Waals surface area contributed by atoms with Crippen LogP contribution in [-0.4, -0.2) is 25.1 Å². The van der Waals surface area contributed by atoms with Crippen molar-refractivity contribution >= 4 is 22.5 Å². The lowest BCUT2D eigenvalue weighted by molar-refractivity contribution is 0.102. The molecule has 4 rings (SSSR count). The summed E-state index contributed by atoms with van der Waals surface area (Å²) in [6.45, 7) is 4.12. The Morgan fingerprint density at radius 2 is 1.71 bits per heavy atom. The van der Waals surface area contributed by atoms with E-state index in [-0.39, 0.29) is 5.91 Å². The maximum atomic E-state index is 13.4. The van der Waals surface area contributed by atoms with E-state index in [1.807, 2.05) is 30.3 Å². The highest BCUT2D eigenvalue weighted by atomic mass is 16.5. The van der Waals surface area contributed by atoms with Gasteiger partial charge in [0.2, 0.25) is 0 Å². The lowest BCUT2D eigenvalue weighted by atomic mass is 9.99. The zero-order valence-electron chi connectivity index (χ0n) is 18.0. The first kappa shape index (κ1) is 20.4. The number of rotatable bonds is 5. The summed E-state index contributed by atoms with van der Waals surface area (Å²) in [7, 11) is 3.15. The molecule has 0 fully saturated rings. The van der Waals surface area contributed by atoms with Crippen LogP contribution < -0.4 is 14.8 Å². The SMILES string of the molecule is COc1ccc(OC)c(NC(=O)c2cc(-c3ccc(C)cc3C)nc3ccccc23)c1. The maximum Gasteiger partial charge on any atom is 0.256 e. The van der Waals surface area contributed by atoms with Crippen LogP contribution in [0.5, 0.6) is 11.5 Å². The van der Waals surface area contributed by atoms with Crippen LogP contribution in [0, 0.1) is 13.8 Å². The van der Waals surface area contributed by atoms with Crippen molar-refractivity contribution in [2.75, 3.05) is 19.5 Å². The summed E-state index contributed by atoms with van der Waals surface area (Å²) in [5.74, 6) is 0.949. The number of nitrogens with zero attached hydrogens (tertiary/aromatic N) is 1. The normalized spacial score (nSPS) is 10.7. The average molecular weight is 412 g/mol. The number of amides is 1. The molecule has 0 spiro atoms. The fraction of sp³-hybridized carbons (Fsp3) is 0.154. The Labute approximate surface area is 181 Å². The van der Waals surface area contributed by atoms with E-state index in [2.05, 4.69) is 37.4 Å². The number of hydrogen-bond donors (Lipinski definition) is 1. The third-order valence-corrected chi connectivity index (χ3v) is 5.27. The van der Waals surface area contributed by atoms with Crippen LogP contribution in [0.4, 0.5) is 5.69 Å². The molecule has 0 bridgehead atoms. The third-order valence-electron chi connectivity index (χ3n) is 5.27. The topological polar surface area (TPSA) is 60.5 Å². The van der Waals surface area contributed by atoms with E-state index in [4.69, 9.17) is 14.5 Å². The molecule has 0 atom stereocenters. The van der Waals surface area contributed by atoms with Crippen LogP contribution >= 0.6 is 0 Å². The number of anilines is 1. The van der Waals surface area contributed by atoms with Gasteiger partial charge in [-0.25, -0.2) is 4.98 Å². The minimum atomic E-state index is -0.240. The third kappa shape index (κ3) is 4.08. The van der Waals surface area contributed by atoms with Crippen molar-refractivity contribution in [1.29, 1.82) is 0 Å². The van der Waals surface area contributed by atoms with Gasteiger partial charge in [0.1, 0.15) is 11.5 Å². The largest absolute Gasteiger partial charge is 0.497 e. The second-order valence-corrected chi connectivity index (χ2v) is 7.41. The van der Waals surface area contributed by atoms with Gasteiger partial charge in [-0.2, -0.15) is 0 Å². The predicted molar refractivity (Wildman–Crippen MR) is 124 cm³/mol. The first-order valence-electron chi connectivity index (χ1n) is 10.0. The number of methoxy groups -OCH3 is 2. The Balaban J connectivity index is 1.82. The molecule has 0 radical (unpaired) electrons. The van der Waals surface area contributed by atoms with Crippen LogP contribution in [0.2, 0.25) is 0 Å². The Morgan fingerprint density at radius 3 is 2.45 bits per heavy atom. The Kier molecular flexibility index (Phi) is 5.58. The van der Waals surface area contributed by atoms with E-state index < -0.39 is 0 Å². The summed E-state index contributed by atoms with van der Waals surface area (Å²) in [6, 6.07) is 21.0. The van der Waals surface area contributed by atoms with Gasteiger partial charge in [0.25, 0.3) is 5.91 Å². The van der Waals surface area contributed by atoms with Crippen LogP contribution in [0.1, 0.15) is 21.5 Å². The van der Waals surface area contributed by atoms with Crippen LogP contribution in [0.15, 0.2) is 66.7 Å². The number of pyridine rings is 1. The molecule has 31 heavy (non-hydrogen) atoms. The van der Waals surface area contributed by atoms with Gasteiger partial charge in [-0.1, -0.05) is 42.0 Å². The Hall–Kier alpha value is -3.86. The highest BCUT2D eigenvalue weighted by Crippen LogP contribution is 2.31. The maximum absolute atomic E-state index is 13.4. The molecule has 0 saturated carbocycles. The molecule has 1 heterocycles. The molecule has 156 valence electrons. The zero-order valence-corrected chi connectivity index (χ0v) is 18.0. The second-order valence-electron chi connectivity index (χ2n) is 7.41. The van der Waals surface area contributed by atoms with E-state index in [9.17, 15) is 4.79 Å². The summed E-state index contributed by atoms with van der Waals surface area (Å²) in [5.41, 5.74) is 5.92. The van der Waals surface area contributed by atoms with Crippen LogP contribution in [-0.2, 0) is 0 Å². The molecule has 3 aromatic carbocycles. The standard InChI is InChI=1S/C26H24N2O3/c1-16-9-11-19(17(2)13-16)23-15-21(20-7-5-6-8-22(20)27-23)26(29)28-24-14-18(30-3)10-12-25(24)31-4/h5-15H,1-4H3,(H,28,29). The lowest BCUT2D eigenvalue weighted by Gasteiger charge is -2.14. The van der Waals surface area contributed by atoms with Crippen LogP contribution in [0.3, 0.4) is 0 Å². The number of para-hydroxylation sites is 1. The quantitative estimate of drug-likeness (QED) is 0.451. The first-order valence-corrected chi connectivity index (χ1v) is 10.0. The highest BCUT2D eigenvalue weighted by Gasteiger charge is 2.17. The zero-order chi connectivity index (χ0) is 22.0. The van der Waals surface area contributed by atoms with Gasteiger partial charge in [-0.15, -0.1) is 0 Å². The molecule has 1 amide bonds. The number of nitrogens with one attached hydrogen (secondary N) is 1. The highest BCUT2D eigenvalue weighted by molar-refractivity contribution is 6.13. The fourth-order valence-electron chi connectivity index (χ4n) is 3.70. The van der Waals surface area contributed by atoms with Crippen molar-refractivity contribution in [2.45, 2.75) is 13.8 Å². The van der Waals surface area contributed by atoms with E-state index in [1.54, 1.807) is 32.4 Å². The Bertz CT molecular complexity index is 1280. The number of carbonyl (C=O) groups is 1. The van der Waals surface area contributed by atoms with Crippen molar-refractivity contribution in [3.05, 3.63) is 83.4 Å². The van der Waals surface area contributed by atoms with Crippen molar-refractivity contribution in [3.8, 4) is 22.8 Å². The van der Waals surface area contributed by atoms with Gasteiger partial charge >= 0.3 is 0 Å². The van der Waals surface area contributed by atoms with Crippen molar-refractivity contribution in [2.24, 2.45) is 0 Å². The van der Waals surface area contributed by atoms with E-state index in [0.717, 1.165) is 27.7 Å². The average Bonchev–Trinajstić information content (AvgIpc) is 2.78. The number of ether oxygens (including phenoxy) is 2. The van der Waals surface area contributed by atoms with Gasteiger partial charge in [-0.05, 0) is 43.7 Å². The second kappa shape index (κ2) is 8.48. The molecule has 0 aliphatic heterocycles. The van der Waals surface area contributed by atoms with Crippen molar-refractivity contribution in [3.63, 3.8) is 0 Å². The van der Waals surface area contributed by atoms with E-state index in [0.29, 0.717) is 22.7 Å². The van der Waals surface area contributed by atoms with Gasteiger partial charge in [0.15, 0.2) is 0 Å².